The molecule has 3 atom stereocenters. The van der Waals surface area contributed by atoms with E-state index in [0.29, 0.717) is 17.4 Å². The van der Waals surface area contributed by atoms with Gasteiger partial charge in [0.15, 0.2) is 0 Å². The van der Waals surface area contributed by atoms with E-state index >= 15 is 0 Å². The number of carbonyl (C=O) groups excluding carboxylic acids is 1. The van der Waals surface area contributed by atoms with Gasteiger partial charge < -0.3 is 19.8 Å². The lowest BCUT2D eigenvalue weighted by atomic mass is 10.1. The fourth-order valence-corrected chi connectivity index (χ4v) is 6.53. The van der Waals surface area contributed by atoms with E-state index in [1.807, 2.05) is 27.2 Å². The molecule has 1 amide bonds. The van der Waals surface area contributed by atoms with E-state index in [0.717, 1.165) is 122 Å². The summed E-state index contributed by atoms with van der Waals surface area (Å²) >= 11 is 0. The molecule has 63 heavy (non-hydrogen) atoms. The van der Waals surface area contributed by atoms with E-state index in [4.69, 9.17) is 9.05 Å². The first-order chi connectivity index (χ1) is 30.5. The fourth-order valence-electron chi connectivity index (χ4n) is 5.80. The van der Waals surface area contributed by atoms with Gasteiger partial charge in [-0.25, -0.2) is 4.57 Å². The Morgan fingerprint density at radius 3 is 1.46 bits per heavy atom. The molecule has 0 heterocycles. The Morgan fingerprint density at radius 2 is 0.968 bits per heavy atom. The normalized spacial score (nSPS) is 15.3. The number of phosphoric acid groups is 1. The van der Waals surface area contributed by atoms with Crippen molar-refractivity contribution in [3.05, 3.63) is 134 Å². The van der Waals surface area contributed by atoms with Crippen LogP contribution in [0, 0.1) is 0 Å². The molecule has 0 rings (SSSR count). The van der Waals surface area contributed by atoms with Gasteiger partial charge in [-0.2, -0.15) is 0 Å². The molecule has 0 saturated heterocycles. The summed E-state index contributed by atoms with van der Waals surface area (Å²) in [6.07, 6.45) is 67.0. The summed E-state index contributed by atoms with van der Waals surface area (Å²) in [5.74, 6) is -0.218. The summed E-state index contributed by atoms with van der Waals surface area (Å²) in [5.41, 5.74) is 0. The Labute approximate surface area is 386 Å². The lowest BCUT2D eigenvalue weighted by Crippen LogP contribution is -2.45. The minimum Gasteiger partial charge on any atom is -0.387 e. The van der Waals surface area contributed by atoms with Crippen LogP contribution in [0.1, 0.15) is 149 Å². The number of aliphatic hydroxyl groups is 1. The summed E-state index contributed by atoms with van der Waals surface area (Å²) in [5, 5.41) is 13.7. The zero-order chi connectivity index (χ0) is 46.4. The second kappa shape index (κ2) is 43.9. The van der Waals surface area contributed by atoms with Gasteiger partial charge in [-0.15, -0.1) is 0 Å². The van der Waals surface area contributed by atoms with Crippen LogP contribution in [0.25, 0.3) is 0 Å². The maximum absolute atomic E-state index is 12.8. The summed E-state index contributed by atoms with van der Waals surface area (Å²) in [4.78, 5) is 23.0. The second-order valence-corrected chi connectivity index (χ2v) is 18.2. The first-order valence-electron chi connectivity index (χ1n) is 24.1. The minimum absolute atomic E-state index is 0.0436. The molecule has 0 radical (unpaired) electrons. The summed E-state index contributed by atoms with van der Waals surface area (Å²) in [6.45, 7) is 4.54. The highest BCUT2D eigenvalue weighted by Crippen LogP contribution is 2.43. The van der Waals surface area contributed by atoms with Gasteiger partial charge in [-0.05, 0) is 96.3 Å². The first kappa shape index (κ1) is 59.6. The summed E-state index contributed by atoms with van der Waals surface area (Å²) in [6, 6.07) is -0.881. The molecule has 0 aliphatic carbocycles. The van der Waals surface area contributed by atoms with Crippen LogP contribution >= 0.6 is 7.82 Å². The highest BCUT2D eigenvalue weighted by atomic mass is 31.2. The van der Waals surface area contributed by atoms with Crippen LogP contribution in [0.15, 0.2) is 134 Å². The van der Waals surface area contributed by atoms with Crippen LogP contribution < -0.4 is 5.32 Å². The number of hydrogen-bond acceptors (Lipinski definition) is 5. The average molecular weight is 894 g/mol. The van der Waals surface area contributed by atoms with Gasteiger partial charge >= 0.3 is 7.82 Å². The molecule has 0 aromatic carbocycles. The van der Waals surface area contributed by atoms with Gasteiger partial charge in [-0.3, -0.25) is 13.8 Å². The molecule has 0 aromatic heterocycles. The molecule has 9 heteroatoms. The van der Waals surface area contributed by atoms with E-state index in [1.165, 1.54) is 6.42 Å². The molecule has 3 unspecified atom stereocenters. The third-order valence-electron chi connectivity index (χ3n) is 9.60. The molecule has 0 bridgehead atoms. The minimum atomic E-state index is -4.35. The summed E-state index contributed by atoms with van der Waals surface area (Å²) < 4.78 is 23.4. The number of likely N-dealkylation sites (N-methyl/N-ethyl adjacent to an activating group) is 1. The molecule has 0 saturated carbocycles. The highest BCUT2D eigenvalue weighted by Gasteiger charge is 2.27. The van der Waals surface area contributed by atoms with Gasteiger partial charge in [0.05, 0.1) is 39.9 Å². The number of amides is 1. The SMILES string of the molecule is CC/C=C\C/C=C\C/C=C\C/C=C\C/C=C\C/C=C\C/C=C\C/C=C\C/C=C\CCCCCCCC(=O)NC(COP(=O)(O)OCC[N+](C)(C)C)C(O)/C=C/CC/C=C/CCCC. The van der Waals surface area contributed by atoms with E-state index in [2.05, 4.69) is 141 Å². The average Bonchev–Trinajstić information content (AvgIpc) is 3.24. The predicted molar refractivity (Wildman–Crippen MR) is 271 cm³/mol. The lowest BCUT2D eigenvalue weighted by molar-refractivity contribution is -0.870. The van der Waals surface area contributed by atoms with Crippen molar-refractivity contribution >= 4 is 13.7 Å². The van der Waals surface area contributed by atoms with Crippen LogP contribution in [0.2, 0.25) is 0 Å². The van der Waals surface area contributed by atoms with Crippen LogP contribution in [0.5, 0.6) is 0 Å². The zero-order valence-electron chi connectivity index (χ0n) is 40.2. The lowest BCUT2D eigenvalue weighted by Gasteiger charge is -2.25. The molecule has 8 nitrogen and oxygen atoms in total. The van der Waals surface area contributed by atoms with E-state index in [-0.39, 0.29) is 19.1 Å². The fraction of sp³-hybridized carbons (Fsp3) is 0.574. The molecule has 0 fully saturated rings. The van der Waals surface area contributed by atoms with Crippen LogP contribution in [-0.2, 0) is 18.4 Å². The molecule has 0 aliphatic rings. The van der Waals surface area contributed by atoms with Gasteiger partial charge in [0.25, 0.3) is 0 Å². The topological polar surface area (TPSA) is 105 Å². The van der Waals surface area contributed by atoms with Crippen molar-refractivity contribution in [1.29, 1.82) is 0 Å². The number of hydrogen-bond donors (Lipinski definition) is 3. The smallest absolute Gasteiger partial charge is 0.387 e. The van der Waals surface area contributed by atoms with Crippen molar-refractivity contribution in [1.82, 2.24) is 5.32 Å². The molecule has 0 aliphatic heterocycles. The second-order valence-electron chi connectivity index (χ2n) is 16.7. The van der Waals surface area contributed by atoms with E-state index in [9.17, 15) is 19.4 Å². The van der Waals surface area contributed by atoms with Gasteiger partial charge in [-0.1, -0.05) is 180 Å². The number of unbranched alkanes of at least 4 members (excludes halogenated alkanes) is 8. The third-order valence-corrected chi connectivity index (χ3v) is 10.6. The van der Waals surface area contributed by atoms with Crippen LogP contribution in [-0.4, -0.2) is 73.4 Å². The molecular formula is C54H90N2O6P+. The number of aliphatic hydroxyl groups excluding tert-OH is 1. The van der Waals surface area contributed by atoms with Crippen molar-refractivity contribution in [3.8, 4) is 0 Å². The molecule has 0 spiro atoms. The number of rotatable bonds is 41. The Hall–Kier alpha value is -3.36. The highest BCUT2D eigenvalue weighted by molar-refractivity contribution is 7.47. The van der Waals surface area contributed by atoms with Crippen molar-refractivity contribution in [2.75, 3.05) is 40.9 Å². The van der Waals surface area contributed by atoms with Crippen molar-refractivity contribution < 1.29 is 32.9 Å². The van der Waals surface area contributed by atoms with Gasteiger partial charge in [0.2, 0.25) is 5.91 Å². The van der Waals surface area contributed by atoms with Gasteiger partial charge in [0, 0.05) is 6.42 Å². The standard InChI is InChI=1S/C54H89N2O6P/c1-6-8-10-12-14-16-17-18-19-20-21-22-23-24-25-26-27-28-29-30-31-32-33-34-35-36-37-38-39-40-42-44-46-48-54(58)55-52(51-62-63(59,60)61-50-49-56(3,4)5)53(57)47-45-43-41-15-13-11-9-7-2/h8,10,13-16,18-19,21-22,24-25,27-28,30-31,33-34,36-37,45,47,52-53,57H,6-7,9,11-12,17,20,23,26,29,32,35,38-44,46,48-51H2,1-5H3,(H-,55,58,59,60)/p+1/b10-8-,15-13+,16-14-,19-18-,22-21-,25-24-,28-27-,31-30-,34-33-,37-36-,47-45+. The van der Waals surface area contributed by atoms with Crippen LogP contribution in [0.4, 0.5) is 0 Å². The van der Waals surface area contributed by atoms with Crippen molar-refractivity contribution in [2.24, 2.45) is 0 Å². The first-order valence-corrected chi connectivity index (χ1v) is 25.6. The number of allylic oxidation sites excluding steroid dienone is 21. The number of phosphoric ester groups is 1. The quantitative estimate of drug-likeness (QED) is 0.0244. The third kappa shape index (κ3) is 46.4. The maximum atomic E-state index is 12.8. The number of nitrogens with zero attached hydrogens (tertiary/aromatic N) is 1. The molecule has 356 valence electrons. The molecular weight excluding hydrogens is 804 g/mol. The van der Waals surface area contributed by atoms with E-state index in [1.54, 1.807) is 6.08 Å². The Bertz CT molecular complexity index is 1480. The number of carbonyl (C=O) groups is 1. The Kier molecular flexibility index (Phi) is 41.5. The number of nitrogens with one attached hydrogen (secondary N) is 1. The predicted octanol–water partition coefficient (Wildman–Crippen LogP) is 14.0. The largest absolute Gasteiger partial charge is 0.472 e. The Morgan fingerprint density at radius 1 is 0.556 bits per heavy atom. The van der Waals surface area contributed by atoms with Crippen molar-refractivity contribution in [3.63, 3.8) is 0 Å². The molecule has 3 N–H and O–H groups in total. The monoisotopic (exact) mass is 894 g/mol. The van der Waals surface area contributed by atoms with Crippen LogP contribution in [0.3, 0.4) is 0 Å². The summed E-state index contributed by atoms with van der Waals surface area (Å²) in [7, 11) is 1.51. The van der Waals surface area contributed by atoms with Gasteiger partial charge in [0.1, 0.15) is 13.2 Å². The Balaban J connectivity index is 4.21. The molecule has 0 aromatic rings. The van der Waals surface area contributed by atoms with Crippen molar-refractivity contribution in [2.45, 2.75) is 161 Å². The zero-order valence-corrected chi connectivity index (χ0v) is 41.1. The maximum Gasteiger partial charge on any atom is 0.472 e. The van der Waals surface area contributed by atoms with E-state index < -0.39 is 20.0 Å². The number of quaternary nitrogens is 1.